The monoisotopic (exact) mass is 209 g/mol. The highest BCUT2D eigenvalue weighted by Gasteiger charge is 2.17. The van der Waals surface area contributed by atoms with E-state index in [-0.39, 0.29) is 0 Å². The molecule has 0 spiro atoms. The quantitative estimate of drug-likeness (QED) is 0.760. The Morgan fingerprint density at radius 3 is 3.07 bits per heavy atom. The zero-order valence-corrected chi connectivity index (χ0v) is 9.14. The van der Waals surface area contributed by atoms with Crippen molar-refractivity contribution in [3.8, 4) is 0 Å². The van der Waals surface area contributed by atoms with E-state index in [1.807, 2.05) is 23.9 Å². The average Bonchev–Trinajstić information content (AvgIpc) is 2.66. The molecular formula is C11H15NOS. The number of rotatable bonds is 2. The summed E-state index contributed by atoms with van der Waals surface area (Å²) >= 11 is 1.89. The van der Waals surface area contributed by atoms with Gasteiger partial charge >= 0.3 is 0 Å². The Bertz CT molecular complexity index is 321. The molecule has 1 unspecified atom stereocenters. The number of nitrogens with two attached hydrogens (primary N) is 1. The van der Waals surface area contributed by atoms with Crippen LogP contribution >= 0.6 is 11.8 Å². The van der Waals surface area contributed by atoms with Crippen LogP contribution in [0, 0.1) is 6.92 Å². The van der Waals surface area contributed by atoms with Gasteiger partial charge in [-0.1, -0.05) is 6.07 Å². The molecule has 2 nitrogen and oxygen atoms in total. The van der Waals surface area contributed by atoms with E-state index in [1.165, 1.54) is 10.5 Å². The molecule has 0 aromatic heterocycles. The van der Waals surface area contributed by atoms with E-state index in [1.54, 1.807) is 0 Å². The molecule has 0 bridgehead atoms. The van der Waals surface area contributed by atoms with Crippen molar-refractivity contribution >= 4 is 17.4 Å². The van der Waals surface area contributed by atoms with Gasteiger partial charge in [-0.05, 0) is 31.0 Å². The van der Waals surface area contributed by atoms with E-state index < -0.39 is 0 Å². The fraction of sp³-hybridized carbons (Fsp3) is 0.455. The standard InChI is InChI=1S/C11H15NOS/c1-8-10(12)3-2-4-11(8)14-9-5-6-13-7-9/h2-4,9H,5-7,12H2,1H3. The Balaban J connectivity index is 2.11. The molecule has 1 aromatic carbocycles. The Morgan fingerprint density at radius 1 is 1.50 bits per heavy atom. The summed E-state index contributed by atoms with van der Waals surface area (Å²) in [5, 5.41) is 0.607. The number of anilines is 1. The van der Waals surface area contributed by atoms with E-state index in [9.17, 15) is 0 Å². The van der Waals surface area contributed by atoms with E-state index in [0.717, 1.165) is 25.3 Å². The Hall–Kier alpha value is -0.670. The maximum absolute atomic E-state index is 5.85. The van der Waals surface area contributed by atoms with E-state index in [2.05, 4.69) is 13.0 Å². The normalized spacial score (nSPS) is 21.4. The molecule has 1 atom stereocenters. The molecule has 14 heavy (non-hydrogen) atoms. The van der Waals surface area contributed by atoms with Crippen molar-refractivity contribution in [2.75, 3.05) is 18.9 Å². The summed E-state index contributed by atoms with van der Waals surface area (Å²) in [6.07, 6.45) is 1.15. The van der Waals surface area contributed by atoms with Gasteiger partial charge in [0.05, 0.1) is 6.61 Å². The average molecular weight is 209 g/mol. The molecule has 1 fully saturated rings. The lowest BCUT2D eigenvalue weighted by atomic mass is 10.2. The molecule has 1 saturated heterocycles. The lowest BCUT2D eigenvalue weighted by molar-refractivity contribution is 0.199. The minimum Gasteiger partial charge on any atom is -0.398 e. The van der Waals surface area contributed by atoms with Gasteiger partial charge in [0.2, 0.25) is 0 Å². The molecule has 0 amide bonds. The molecule has 0 radical (unpaired) electrons. The first-order chi connectivity index (χ1) is 6.77. The van der Waals surface area contributed by atoms with Gasteiger partial charge in [0.1, 0.15) is 0 Å². The van der Waals surface area contributed by atoms with Crippen LogP contribution < -0.4 is 5.73 Å². The lowest BCUT2D eigenvalue weighted by Crippen LogP contribution is -2.01. The van der Waals surface area contributed by atoms with Crippen LogP contribution in [0.5, 0.6) is 0 Å². The summed E-state index contributed by atoms with van der Waals surface area (Å²) in [6.45, 7) is 3.85. The van der Waals surface area contributed by atoms with Crippen LogP contribution in [0.4, 0.5) is 5.69 Å². The smallest absolute Gasteiger partial charge is 0.0589 e. The molecule has 1 aromatic rings. The van der Waals surface area contributed by atoms with Gasteiger partial charge in [-0.15, -0.1) is 11.8 Å². The summed E-state index contributed by atoms with van der Waals surface area (Å²) in [7, 11) is 0. The molecule has 0 saturated carbocycles. The van der Waals surface area contributed by atoms with Crippen LogP contribution in [-0.2, 0) is 4.74 Å². The minimum absolute atomic E-state index is 0.607. The molecule has 2 rings (SSSR count). The molecule has 1 heterocycles. The van der Waals surface area contributed by atoms with Gasteiger partial charge in [-0.3, -0.25) is 0 Å². The summed E-state index contributed by atoms with van der Waals surface area (Å²) in [4.78, 5) is 1.29. The molecule has 1 aliphatic rings. The van der Waals surface area contributed by atoms with Gasteiger partial charge in [0, 0.05) is 22.4 Å². The first-order valence-electron chi connectivity index (χ1n) is 4.87. The first-order valence-corrected chi connectivity index (χ1v) is 5.75. The van der Waals surface area contributed by atoms with Crippen molar-refractivity contribution < 1.29 is 4.74 Å². The van der Waals surface area contributed by atoms with Crippen molar-refractivity contribution in [3.05, 3.63) is 23.8 Å². The Labute approximate surface area is 88.8 Å². The number of hydrogen-bond donors (Lipinski definition) is 1. The maximum atomic E-state index is 5.85. The van der Waals surface area contributed by atoms with Crippen molar-refractivity contribution in [2.45, 2.75) is 23.5 Å². The highest BCUT2D eigenvalue weighted by atomic mass is 32.2. The number of hydrogen-bond acceptors (Lipinski definition) is 3. The second-order valence-electron chi connectivity index (χ2n) is 3.57. The zero-order valence-electron chi connectivity index (χ0n) is 8.32. The minimum atomic E-state index is 0.607. The number of benzene rings is 1. The second-order valence-corrected chi connectivity index (χ2v) is 4.92. The highest BCUT2D eigenvalue weighted by Crippen LogP contribution is 2.32. The summed E-state index contributed by atoms with van der Waals surface area (Å²) in [6, 6.07) is 6.10. The fourth-order valence-corrected chi connectivity index (χ4v) is 2.73. The lowest BCUT2D eigenvalue weighted by Gasteiger charge is -2.11. The molecule has 3 heteroatoms. The van der Waals surface area contributed by atoms with Gasteiger partial charge in [0.25, 0.3) is 0 Å². The topological polar surface area (TPSA) is 35.2 Å². The van der Waals surface area contributed by atoms with Crippen molar-refractivity contribution in [1.82, 2.24) is 0 Å². The van der Waals surface area contributed by atoms with Crippen molar-refractivity contribution in [2.24, 2.45) is 0 Å². The molecular weight excluding hydrogens is 194 g/mol. The van der Waals surface area contributed by atoms with Crippen LogP contribution in [0.25, 0.3) is 0 Å². The van der Waals surface area contributed by atoms with E-state index in [0.29, 0.717) is 5.25 Å². The fourth-order valence-electron chi connectivity index (χ4n) is 1.54. The zero-order chi connectivity index (χ0) is 9.97. The third-order valence-corrected chi connectivity index (χ3v) is 3.91. The summed E-state index contributed by atoms with van der Waals surface area (Å²) in [5.41, 5.74) is 7.93. The Morgan fingerprint density at radius 2 is 2.36 bits per heavy atom. The van der Waals surface area contributed by atoms with E-state index >= 15 is 0 Å². The van der Waals surface area contributed by atoms with Crippen molar-refractivity contribution in [3.63, 3.8) is 0 Å². The number of nitrogen functional groups attached to an aromatic ring is 1. The van der Waals surface area contributed by atoms with Gasteiger partial charge in [0.15, 0.2) is 0 Å². The van der Waals surface area contributed by atoms with Crippen LogP contribution in [0.15, 0.2) is 23.1 Å². The van der Waals surface area contributed by atoms with Crippen molar-refractivity contribution in [1.29, 1.82) is 0 Å². The Kier molecular flexibility index (Phi) is 2.99. The molecule has 1 aliphatic heterocycles. The van der Waals surface area contributed by atoms with Crippen LogP contribution in [0.2, 0.25) is 0 Å². The van der Waals surface area contributed by atoms with Crippen LogP contribution in [0.3, 0.4) is 0 Å². The maximum Gasteiger partial charge on any atom is 0.0589 e. The third-order valence-electron chi connectivity index (χ3n) is 2.51. The van der Waals surface area contributed by atoms with Crippen LogP contribution in [0.1, 0.15) is 12.0 Å². The molecule has 76 valence electrons. The predicted octanol–water partition coefficient (Wildman–Crippen LogP) is 2.46. The summed E-state index contributed by atoms with van der Waals surface area (Å²) in [5.74, 6) is 0. The van der Waals surface area contributed by atoms with Gasteiger partial charge in [-0.2, -0.15) is 0 Å². The molecule has 2 N–H and O–H groups in total. The highest BCUT2D eigenvalue weighted by molar-refractivity contribution is 8.00. The van der Waals surface area contributed by atoms with Gasteiger partial charge < -0.3 is 10.5 Å². The molecule has 0 aliphatic carbocycles. The SMILES string of the molecule is Cc1c(N)cccc1SC1CCOC1. The number of thioether (sulfide) groups is 1. The number of ether oxygens (including phenoxy) is 1. The third kappa shape index (κ3) is 2.04. The predicted molar refractivity (Wildman–Crippen MR) is 60.7 cm³/mol. The van der Waals surface area contributed by atoms with Gasteiger partial charge in [-0.25, -0.2) is 0 Å². The second kappa shape index (κ2) is 4.24. The summed E-state index contributed by atoms with van der Waals surface area (Å²) < 4.78 is 5.35. The van der Waals surface area contributed by atoms with Crippen LogP contribution in [-0.4, -0.2) is 18.5 Å². The largest absolute Gasteiger partial charge is 0.398 e. The first kappa shape index (κ1) is 9.87. The van der Waals surface area contributed by atoms with E-state index in [4.69, 9.17) is 10.5 Å².